The molecule has 4 heterocycles. The van der Waals surface area contributed by atoms with Gasteiger partial charge >= 0.3 is 0 Å². The smallest absolute Gasteiger partial charge is 0.255 e. The summed E-state index contributed by atoms with van der Waals surface area (Å²) in [6.07, 6.45) is 4.19. The van der Waals surface area contributed by atoms with Gasteiger partial charge in [0.15, 0.2) is 11.4 Å². The molecule has 0 bridgehead atoms. The van der Waals surface area contributed by atoms with Crippen molar-refractivity contribution in [2.45, 2.75) is 47.0 Å². The molecule has 0 unspecified atom stereocenters. The summed E-state index contributed by atoms with van der Waals surface area (Å²) in [4.78, 5) is 5.05. The standard InChI is InChI=1S/C57H47N4OS/c1-36-30-37(2)53(38(3)31-36)60-35-59(54(39-16-9-7-10-17-39)55(60)40-18-11-8-12-19-40)42-20-15-21-43(33-42)62-44-24-25-45-46-26-27-50-52(47-22-13-14-23-49(47)63-50)56(46)61(48(45)34-44)51-32-41(28-29-58-51)57(4,5)6/h7-35H,1-6H3/q+1. The van der Waals surface area contributed by atoms with Crippen LogP contribution in [-0.4, -0.2) is 14.1 Å². The minimum Gasteiger partial charge on any atom is -0.457 e. The summed E-state index contributed by atoms with van der Waals surface area (Å²) in [6.45, 7) is 13.4. The lowest BCUT2D eigenvalue weighted by atomic mass is 9.88. The molecule has 0 aliphatic heterocycles. The van der Waals surface area contributed by atoms with Crippen LogP contribution in [0.2, 0.25) is 0 Å². The van der Waals surface area contributed by atoms with Crippen molar-refractivity contribution in [2.24, 2.45) is 0 Å². The zero-order valence-electron chi connectivity index (χ0n) is 36.3. The van der Waals surface area contributed by atoms with Crippen LogP contribution in [0.1, 0.15) is 43.0 Å². The lowest BCUT2D eigenvalue weighted by molar-refractivity contribution is -0.584. The number of pyridine rings is 1. The van der Waals surface area contributed by atoms with Crippen molar-refractivity contribution in [3.63, 3.8) is 0 Å². The molecule has 0 N–H and O–H groups in total. The SMILES string of the molecule is Cc1cc(C)c(-[n+]2cn(-c3cccc(Oc4ccc5c6ccc7sc8ccccc8c7c6n(-c6cc(C(C)(C)C)ccn6)c5c4)c3)c(-c3ccccc3)c2-c2ccccc2)c(C)c1. The van der Waals surface area contributed by atoms with Crippen LogP contribution in [0.25, 0.3) is 81.7 Å². The Bertz CT molecular complexity index is 3530. The van der Waals surface area contributed by atoms with Crippen molar-refractivity contribution in [1.82, 2.24) is 14.1 Å². The van der Waals surface area contributed by atoms with Gasteiger partial charge in [-0.25, -0.2) is 4.98 Å². The van der Waals surface area contributed by atoms with Crippen LogP contribution in [0.5, 0.6) is 11.5 Å². The van der Waals surface area contributed by atoms with E-state index in [0.29, 0.717) is 0 Å². The predicted molar refractivity (Wildman–Crippen MR) is 263 cm³/mol. The number of hydrogen-bond acceptors (Lipinski definition) is 3. The van der Waals surface area contributed by atoms with E-state index in [1.807, 2.05) is 23.6 Å². The van der Waals surface area contributed by atoms with Gasteiger partial charge in [-0.1, -0.05) is 129 Å². The molecule has 0 fully saturated rings. The minimum absolute atomic E-state index is 0.0425. The summed E-state index contributed by atoms with van der Waals surface area (Å²) < 4.78 is 16.5. The summed E-state index contributed by atoms with van der Waals surface area (Å²) in [5.74, 6) is 2.40. The van der Waals surface area contributed by atoms with Crippen molar-refractivity contribution in [1.29, 1.82) is 0 Å². The zero-order chi connectivity index (χ0) is 43.0. The van der Waals surface area contributed by atoms with Gasteiger partial charge in [-0.15, -0.1) is 11.3 Å². The predicted octanol–water partition coefficient (Wildman–Crippen LogP) is 15.0. The van der Waals surface area contributed by atoms with Crippen LogP contribution in [0.4, 0.5) is 0 Å². The molecule has 0 saturated carbocycles. The number of aromatic nitrogens is 4. The van der Waals surface area contributed by atoms with Crippen molar-refractivity contribution in [2.75, 3.05) is 0 Å². The van der Waals surface area contributed by atoms with Gasteiger partial charge in [-0.2, -0.15) is 9.13 Å². The van der Waals surface area contributed by atoms with E-state index < -0.39 is 0 Å². The molecule has 0 amide bonds. The second-order valence-corrected chi connectivity index (χ2v) is 18.8. The molecule has 0 aliphatic rings. The number of fused-ring (bicyclic) bond motifs is 7. The summed E-state index contributed by atoms with van der Waals surface area (Å²) in [7, 11) is 0. The molecule has 0 saturated heterocycles. The van der Waals surface area contributed by atoms with Crippen molar-refractivity contribution in [3.05, 3.63) is 199 Å². The quantitative estimate of drug-likeness (QED) is 0.150. The average Bonchev–Trinajstić information content (AvgIpc) is 3.96. The second-order valence-electron chi connectivity index (χ2n) is 17.7. The van der Waals surface area contributed by atoms with Gasteiger partial charge < -0.3 is 4.74 Å². The maximum Gasteiger partial charge on any atom is 0.255 e. The van der Waals surface area contributed by atoms with E-state index in [1.54, 1.807) is 0 Å². The van der Waals surface area contributed by atoms with E-state index >= 15 is 0 Å². The highest BCUT2D eigenvalue weighted by Crippen LogP contribution is 2.44. The van der Waals surface area contributed by atoms with Crippen LogP contribution in [0, 0.1) is 20.8 Å². The number of rotatable bonds is 7. The maximum absolute atomic E-state index is 6.91. The summed E-state index contributed by atoms with van der Waals surface area (Å²) in [6, 6.07) is 58.6. The molecule has 0 atom stereocenters. The third-order valence-corrected chi connectivity index (χ3v) is 13.5. The molecule has 0 aliphatic carbocycles. The molecule has 4 aromatic heterocycles. The Morgan fingerprint density at radius 1 is 0.603 bits per heavy atom. The molecule has 6 heteroatoms. The Morgan fingerprint density at radius 2 is 1.30 bits per heavy atom. The fourth-order valence-electron chi connectivity index (χ4n) is 9.55. The highest BCUT2D eigenvalue weighted by molar-refractivity contribution is 7.26. The summed E-state index contributed by atoms with van der Waals surface area (Å²) >= 11 is 1.84. The first-order valence-electron chi connectivity index (χ1n) is 21.6. The monoisotopic (exact) mass is 835 g/mol. The Morgan fingerprint density at radius 3 is 2.06 bits per heavy atom. The topological polar surface area (TPSA) is 35.9 Å². The van der Waals surface area contributed by atoms with Crippen LogP contribution in [-0.2, 0) is 5.41 Å². The number of hydrogen-bond donors (Lipinski definition) is 0. The van der Waals surface area contributed by atoms with E-state index in [-0.39, 0.29) is 5.41 Å². The molecule has 306 valence electrons. The number of nitrogens with zero attached hydrogens (tertiary/aromatic N) is 4. The van der Waals surface area contributed by atoms with E-state index in [9.17, 15) is 0 Å². The van der Waals surface area contributed by atoms with Crippen molar-refractivity contribution < 1.29 is 9.30 Å². The van der Waals surface area contributed by atoms with Crippen molar-refractivity contribution >= 4 is 53.3 Å². The maximum atomic E-state index is 6.91. The molecule has 7 aromatic carbocycles. The number of ether oxygens (including phenoxy) is 1. The molecule has 11 rings (SSSR count). The Labute approximate surface area is 371 Å². The van der Waals surface area contributed by atoms with Gasteiger partial charge in [0.25, 0.3) is 6.33 Å². The fourth-order valence-corrected chi connectivity index (χ4v) is 10.7. The Hall–Kier alpha value is -7.28. The van der Waals surface area contributed by atoms with Gasteiger partial charge in [-0.3, -0.25) is 4.57 Å². The van der Waals surface area contributed by atoms with Gasteiger partial charge in [0.1, 0.15) is 28.7 Å². The number of imidazole rings is 1. The zero-order valence-corrected chi connectivity index (χ0v) is 37.2. The first-order chi connectivity index (χ1) is 30.6. The van der Waals surface area contributed by atoms with E-state index in [4.69, 9.17) is 9.72 Å². The first kappa shape index (κ1) is 38.6. The van der Waals surface area contributed by atoms with Gasteiger partial charge in [0.05, 0.1) is 11.0 Å². The van der Waals surface area contributed by atoms with Gasteiger partial charge in [0, 0.05) is 60.4 Å². The summed E-state index contributed by atoms with van der Waals surface area (Å²) in [5, 5.41) is 4.87. The largest absolute Gasteiger partial charge is 0.457 e. The number of benzene rings is 7. The highest BCUT2D eigenvalue weighted by Gasteiger charge is 2.30. The number of aryl methyl sites for hydroxylation is 3. The van der Waals surface area contributed by atoms with E-state index in [0.717, 1.165) is 56.4 Å². The molecule has 0 spiro atoms. The molecule has 63 heavy (non-hydrogen) atoms. The van der Waals surface area contributed by atoms with Gasteiger partial charge in [0.2, 0.25) is 0 Å². The third-order valence-electron chi connectivity index (χ3n) is 12.3. The second kappa shape index (κ2) is 15.0. The molecule has 5 nitrogen and oxygen atoms in total. The lowest BCUT2D eigenvalue weighted by Crippen LogP contribution is -2.33. The Kier molecular flexibility index (Phi) is 9.18. The highest BCUT2D eigenvalue weighted by atomic mass is 32.1. The Balaban J connectivity index is 1.09. The lowest BCUT2D eigenvalue weighted by Gasteiger charge is -2.20. The van der Waals surface area contributed by atoms with Crippen LogP contribution < -0.4 is 9.30 Å². The molecular formula is C57H47N4OS+. The fraction of sp³-hybridized carbons (Fsp3) is 0.123. The molecular weight excluding hydrogens is 789 g/mol. The van der Waals surface area contributed by atoms with Crippen molar-refractivity contribution in [3.8, 4) is 51.2 Å². The average molecular weight is 836 g/mol. The van der Waals surface area contributed by atoms with Crippen LogP contribution in [0.15, 0.2) is 176 Å². The summed E-state index contributed by atoms with van der Waals surface area (Å²) in [5.41, 5.74) is 13.8. The first-order valence-corrected chi connectivity index (χ1v) is 22.4. The van der Waals surface area contributed by atoms with Crippen LogP contribution >= 0.6 is 11.3 Å². The number of thiophene rings is 1. The normalized spacial score (nSPS) is 12.0. The van der Waals surface area contributed by atoms with E-state index in [2.05, 4.69) is 219 Å². The minimum atomic E-state index is -0.0425. The molecule has 0 radical (unpaired) electrons. The molecule has 11 aromatic rings. The third kappa shape index (κ3) is 6.61. The van der Waals surface area contributed by atoms with Gasteiger partial charge in [-0.05, 0) is 91.4 Å². The van der Waals surface area contributed by atoms with Crippen LogP contribution in [0.3, 0.4) is 0 Å². The van der Waals surface area contributed by atoms with E-state index in [1.165, 1.54) is 59.0 Å².